The van der Waals surface area contributed by atoms with E-state index in [4.69, 9.17) is 10.5 Å². The number of hydrogen-bond acceptors (Lipinski definition) is 3. The number of ether oxygens (including phenoxy) is 1. The van der Waals surface area contributed by atoms with Gasteiger partial charge in [0.15, 0.2) is 0 Å². The summed E-state index contributed by atoms with van der Waals surface area (Å²) in [7, 11) is 0. The Kier molecular flexibility index (Phi) is 2.71. The van der Waals surface area contributed by atoms with Gasteiger partial charge in [-0.3, -0.25) is 0 Å². The van der Waals surface area contributed by atoms with Crippen LogP contribution in [0.15, 0.2) is 18.2 Å². The lowest BCUT2D eigenvalue weighted by Crippen LogP contribution is -2.49. The summed E-state index contributed by atoms with van der Waals surface area (Å²) in [5, 5.41) is 9.18. The van der Waals surface area contributed by atoms with Crippen LogP contribution in [0.1, 0.15) is 22.7 Å². The molecular weight excluding hydrogens is 200 g/mol. The van der Waals surface area contributed by atoms with E-state index in [0.29, 0.717) is 13.2 Å². The molecule has 1 aromatic rings. The first kappa shape index (κ1) is 11.1. The molecule has 0 amide bonds. The van der Waals surface area contributed by atoms with Crippen molar-refractivity contribution >= 4 is 0 Å². The minimum Gasteiger partial charge on any atom is -0.378 e. The maximum atomic E-state index is 9.18. The second kappa shape index (κ2) is 3.89. The van der Waals surface area contributed by atoms with Gasteiger partial charge in [0, 0.05) is 0 Å². The van der Waals surface area contributed by atoms with Crippen molar-refractivity contribution in [1.29, 1.82) is 5.26 Å². The van der Waals surface area contributed by atoms with Crippen molar-refractivity contribution in [2.45, 2.75) is 19.9 Å². The molecule has 1 aliphatic rings. The zero-order chi connectivity index (χ0) is 11.8. The molecule has 2 rings (SSSR count). The molecule has 1 aliphatic heterocycles. The predicted octanol–water partition coefficient (Wildman–Crippen LogP) is 1.84. The van der Waals surface area contributed by atoms with Crippen LogP contribution in [0.5, 0.6) is 0 Å². The average Bonchev–Trinajstić information content (AvgIpc) is 2.21. The summed E-state index contributed by atoms with van der Waals surface area (Å²) >= 11 is 0. The summed E-state index contributed by atoms with van der Waals surface area (Å²) in [6, 6.07) is 8.16. The van der Waals surface area contributed by atoms with Gasteiger partial charge in [0.25, 0.3) is 0 Å². The lowest BCUT2D eigenvalue weighted by molar-refractivity contribution is -0.0910. The Morgan fingerprint density at radius 3 is 2.50 bits per heavy atom. The Bertz CT molecular complexity index is 444. The zero-order valence-corrected chi connectivity index (χ0v) is 9.66. The first-order chi connectivity index (χ1) is 7.59. The molecule has 0 aliphatic carbocycles. The minimum absolute atomic E-state index is 0.259. The highest BCUT2D eigenvalue weighted by molar-refractivity contribution is 5.34. The number of rotatable bonds is 2. The fraction of sp³-hybridized carbons (Fsp3) is 0.462. The largest absolute Gasteiger partial charge is 0.378 e. The Labute approximate surface area is 95.8 Å². The molecule has 2 N–H and O–H groups in total. The van der Waals surface area contributed by atoms with Crippen molar-refractivity contribution in [3.63, 3.8) is 0 Å². The van der Waals surface area contributed by atoms with Crippen LogP contribution >= 0.6 is 0 Å². The molecule has 16 heavy (non-hydrogen) atoms. The molecule has 1 unspecified atom stereocenters. The van der Waals surface area contributed by atoms with Crippen LogP contribution in [0, 0.1) is 30.6 Å². The molecule has 1 atom stereocenters. The van der Waals surface area contributed by atoms with E-state index < -0.39 is 5.41 Å². The Hall–Kier alpha value is -1.37. The van der Waals surface area contributed by atoms with Gasteiger partial charge in [-0.05, 0) is 30.5 Å². The fourth-order valence-electron chi connectivity index (χ4n) is 1.91. The van der Waals surface area contributed by atoms with Crippen molar-refractivity contribution in [3.05, 3.63) is 34.9 Å². The average molecular weight is 216 g/mol. The molecule has 0 spiro atoms. The van der Waals surface area contributed by atoms with Gasteiger partial charge in [0.2, 0.25) is 0 Å². The summed E-state index contributed by atoms with van der Waals surface area (Å²) < 4.78 is 5.12. The van der Waals surface area contributed by atoms with Crippen LogP contribution in [0.25, 0.3) is 0 Å². The SMILES string of the molecule is Cc1ccc(C(N)C2(C#N)COC2)cc1C. The smallest absolute Gasteiger partial charge is 0.123 e. The van der Waals surface area contributed by atoms with Gasteiger partial charge in [0.1, 0.15) is 5.41 Å². The molecule has 3 nitrogen and oxygen atoms in total. The van der Waals surface area contributed by atoms with Gasteiger partial charge in [-0.25, -0.2) is 0 Å². The number of aryl methyl sites for hydroxylation is 2. The van der Waals surface area contributed by atoms with Gasteiger partial charge in [-0.15, -0.1) is 0 Å². The van der Waals surface area contributed by atoms with Crippen molar-refractivity contribution in [1.82, 2.24) is 0 Å². The topological polar surface area (TPSA) is 59.0 Å². The van der Waals surface area contributed by atoms with E-state index in [0.717, 1.165) is 5.56 Å². The molecule has 0 saturated carbocycles. The maximum Gasteiger partial charge on any atom is 0.123 e. The standard InChI is InChI=1S/C13H16N2O/c1-9-3-4-11(5-10(9)2)12(15)13(6-14)7-16-8-13/h3-5,12H,7-8,15H2,1-2H3. The summed E-state index contributed by atoms with van der Waals surface area (Å²) in [5.74, 6) is 0. The molecule has 1 saturated heterocycles. The first-order valence-corrected chi connectivity index (χ1v) is 5.41. The monoisotopic (exact) mass is 216 g/mol. The number of nitrogens with two attached hydrogens (primary N) is 1. The van der Waals surface area contributed by atoms with Crippen molar-refractivity contribution < 1.29 is 4.74 Å². The highest BCUT2D eigenvalue weighted by atomic mass is 16.5. The highest BCUT2D eigenvalue weighted by Crippen LogP contribution is 2.38. The van der Waals surface area contributed by atoms with Crippen LogP contribution in [0.2, 0.25) is 0 Å². The van der Waals surface area contributed by atoms with E-state index in [1.165, 1.54) is 11.1 Å². The van der Waals surface area contributed by atoms with E-state index in [2.05, 4.69) is 32.0 Å². The molecule has 1 heterocycles. The highest BCUT2D eigenvalue weighted by Gasteiger charge is 2.45. The fourth-order valence-corrected chi connectivity index (χ4v) is 1.91. The summed E-state index contributed by atoms with van der Waals surface area (Å²) in [4.78, 5) is 0. The molecule has 1 aromatic carbocycles. The zero-order valence-electron chi connectivity index (χ0n) is 9.66. The predicted molar refractivity (Wildman–Crippen MR) is 61.7 cm³/mol. The number of nitrogens with zero attached hydrogens (tertiary/aromatic N) is 1. The third kappa shape index (κ3) is 1.60. The van der Waals surface area contributed by atoms with Gasteiger partial charge >= 0.3 is 0 Å². The van der Waals surface area contributed by atoms with Crippen LogP contribution in [-0.4, -0.2) is 13.2 Å². The quantitative estimate of drug-likeness (QED) is 0.820. The van der Waals surface area contributed by atoms with Crippen molar-refractivity contribution in [3.8, 4) is 6.07 Å². The molecule has 0 bridgehead atoms. The summed E-state index contributed by atoms with van der Waals surface area (Å²) in [6.07, 6.45) is 0. The van der Waals surface area contributed by atoms with E-state index in [1.54, 1.807) is 0 Å². The third-order valence-electron chi connectivity index (χ3n) is 3.43. The molecular formula is C13H16N2O. The Balaban J connectivity index is 2.31. The summed E-state index contributed by atoms with van der Waals surface area (Å²) in [6.45, 7) is 5.01. The van der Waals surface area contributed by atoms with Crippen LogP contribution in [0.4, 0.5) is 0 Å². The van der Waals surface area contributed by atoms with Crippen LogP contribution < -0.4 is 5.73 Å². The number of hydrogen-bond donors (Lipinski definition) is 1. The lowest BCUT2D eigenvalue weighted by Gasteiger charge is -2.40. The van der Waals surface area contributed by atoms with Crippen molar-refractivity contribution in [2.75, 3.05) is 13.2 Å². The van der Waals surface area contributed by atoms with E-state index in [9.17, 15) is 5.26 Å². The number of nitriles is 1. The van der Waals surface area contributed by atoms with Gasteiger partial charge < -0.3 is 10.5 Å². The lowest BCUT2D eigenvalue weighted by atomic mass is 9.76. The Morgan fingerprint density at radius 2 is 2.06 bits per heavy atom. The van der Waals surface area contributed by atoms with Crippen molar-refractivity contribution in [2.24, 2.45) is 11.1 Å². The van der Waals surface area contributed by atoms with Crippen LogP contribution in [-0.2, 0) is 4.74 Å². The maximum absolute atomic E-state index is 9.18. The molecule has 1 fully saturated rings. The van der Waals surface area contributed by atoms with Gasteiger partial charge in [-0.1, -0.05) is 18.2 Å². The third-order valence-corrected chi connectivity index (χ3v) is 3.43. The Morgan fingerprint density at radius 1 is 1.38 bits per heavy atom. The van der Waals surface area contributed by atoms with Crippen LogP contribution in [0.3, 0.4) is 0 Å². The van der Waals surface area contributed by atoms with E-state index >= 15 is 0 Å². The number of benzene rings is 1. The first-order valence-electron chi connectivity index (χ1n) is 5.41. The normalized spacial score (nSPS) is 19.6. The van der Waals surface area contributed by atoms with E-state index in [1.807, 2.05) is 6.07 Å². The molecule has 84 valence electrons. The second-order valence-corrected chi connectivity index (χ2v) is 4.58. The summed E-state index contributed by atoms with van der Waals surface area (Å²) in [5.41, 5.74) is 9.11. The molecule has 3 heteroatoms. The second-order valence-electron chi connectivity index (χ2n) is 4.58. The molecule has 0 aromatic heterocycles. The molecule has 0 radical (unpaired) electrons. The van der Waals surface area contributed by atoms with Gasteiger partial charge in [-0.2, -0.15) is 5.26 Å². The minimum atomic E-state index is -0.526. The van der Waals surface area contributed by atoms with Gasteiger partial charge in [0.05, 0.1) is 25.3 Å². The van der Waals surface area contributed by atoms with E-state index in [-0.39, 0.29) is 6.04 Å².